The van der Waals surface area contributed by atoms with Crippen LogP contribution in [0.3, 0.4) is 0 Å². The van der Waals surface area contributed by atoms with E-state index in [0.29, 0.717) is 0 Å². The van der Waals surface area contributed by atoms with Crippen LogP contribution in [0.4, 0.5) is 4.39 Å². The fourth-order valence-corrected chi connectivity index (χ4v) is 2.47. The van der Waals surface area contributed by atoms with Gasteiger partial charge in [0, 0.05) is 15.8 Å². The summed E-state index contributed by atoms with van der Waals surface area (Å²) in [4.78, 5) is 2.16. The molecule has 0 aliphatic rings. The van der Waals surface area contributed by atoms with E-state index in [4.69, 9.17) is 5.73 Å². The highest BCUT2D eigenvalue weighted by molar-refractivity contribution is 7.99. The van der Waals surface area contributed by atoms with Crippen molar-refractivity contribution in [2.24, 2.45) is 5.73 Å². The monoisotopic (exact) mass is 261 g/mol. The number of hydrogen-bond acceptors (Lipinski definition) is 2. The number of halogens is 1. The molecule has 0 fully saturated rings. The molecular formula is C15H16FNS. The molecule has 0 radical (unpaired) electrons. The summed E-state index contributed by atoms with van der Waals surface area (Å²) in [5, 5.41) is 0. The molecule has 3 heteroatoms. The van der Waals surface area contributed by atoms with Crippen molar-refractivity contribution in [2.45, 2.75) is 29.2 Å². The molecule has 0 unspecified atom stereocenters. The van der Waals surface area contributed by atoms with Gasteiger partial charge in [0.25, 0.3) is 0 Å². The maximum atomic E-state index is 12.8. The number of nitrogens with two attached hydrogens (primary N) is 1. The number of rotatable bonds is 4. The molecular weight excluding hydrogens is 245 g/mol. The summed E-state index contributed by atoms with van der Waals surface area (Å²) < 4.78 is 12.8. The predicted molar refractivity (Wildman–Crippen MR) is 74.2 cm³/mol. The standard InChI is InChI=1S/C15H16FNS/c1-2-15(17)11-3-7-13(8-4-11)18-14-9-5-12(16)6-10-14/h3-10,15H,2,17H2,1H3/t15-/m0/s1. The molecule has 0 saturated heterocycles. The van der Waals surface area contributed by atoms with Crippen LogP contribution in [-0.2, 0) is 0 Å². The average molecular weight is 261 g/mol. The summed E-state index contributed by atoms with van der Waals surface area (Å²) in [5.41, 5.74) is 7.12. The van der Waals surface area contributed by atoms with Crippen LogP contribution < -0.4 is 5.73 Å². The third kappa shape index (κ3) is 3.34. The lowest BCUT2D eigenvalue weighted by Crippen LogP contribution is -2.07. The molecule has 2 rings (SSSR count). The summed E-state index contributed by atoms with van der Waals surface area (Å²) in [5.74, 6) is -0.205. The van der Waals surface area contributed by atoms with Crippen molar-refractivity contribution < 1.29 is 4.39 Å². The Morgan fingerprint density at radius 2 is 1.50 bits per heavy atom. The second-order valence-electron chi connectivity index (χ2n) is 4.14. The van der Waals surface area contributed by atoms with Gasteiger partial charge in [-0.15, -0.1) is 0 Å². The van der Waals surface area contributed by atoms with Gasteiger partial charge in [-0.1, -0.05) is 30.8 Å². The highest BCUT2D eigenvalue weighted by atomic mass is 32.2. The van der Waals surface area contributed by atoms with Crippen molar-refractivity contribution in [3.05, 3.63) is 59.9 Å². The lowest BCUT2D eigenvalue weighted by atomic mass is 10.1. The number of benzene rings is 2. The first-order valence-electron chi connectivity index (χ1n) is 5.98. The summed E-state index contributed by atoms with van der Waals surface area (Å²) >= 11 is 1.62. The van der Waals surface area contributed by atoms with Crippen LogP contribution in [-0.4, -0.2) is 0 Å². The smallest absolute Gasteiger partial charge is 0.123 e. The Morgan fingerprint density at radius 3 is 2.00 bits per heavy atom. The van der Waals surface area contributed by atoms with Gasteiger partial charge in [-0.05, 0) is 48.4 Å². The summed E-state index contributed by atoms with van der Waals surface area (Å²) in [7, 11) is 0. The molecule has 0 aliphatic heterocycles. The van der Waals surface area contributed by atoms with Gasteiger partial charge in [-0.25, -0.2) is 4.39 Å². The van der Waals surface area contributed by atoms with Crippen molar-refractivity contribution >= 4 is 11.8 Å². The van der Waals surface area contributed by atoms with Crippen LogP contribution in [0.15, 0.2) is 58.3 Å². The van der Waals surface area contributed by atoms with Crippen molar-refractivity contribution in [1.82, 2.24) is 0 Å². The summed E-state index contributed by atoms with van der Waals surface area (Å²) in [6, 6.07) is 14.8. The van der Waals surface area contributed by atoms with E-state index < -0.39 is 0 Å². The highest BCUT2D eigenvalue weighted by Crippen LogP contribution is 2.28. The molecule has 0 spiro atoms. The zero-order valence-electron chi connectivity index (χ0n) is 10.3. The Bertz CT molecular complexity index is 493. The second-order valence-corrected chi connectivity index (χ2v) is 5.29. The van der Waals surface area contributed by atoms with Gasteiger partial charge < -0.3 is 5.73 Å². The fraction of sp³-hybridized carbons (Fsp3) is 0.200. The van der Waals surface area contributed by atoms with Gasteiger partial charge in [-0.3, -0.25) is 0 Å². The molecule has 0 saturated carbocycles. The minimum absolute atomic E-state index is 0.106. The third-order valence-corrected chi connectivity index (χ3v) is 3.81. The van der Waals surface area contributed by atoms with Crippen molar-refractivity contribution in [3.63, 3.8) is 0 Å². The molecule has 0 amide bonds. The van der Waals surface area contributed by atoms with E-state index in [0.717, 1.165) is 21.8 Å². The zero-order chi connectivity index (χ0) is 13.0. The molecule has 1 nitrogen and oxygen atoms in total. The van der Waals surface area contributed by atoms with Crippen LogP contribution in [0, 0.1) is 5.82 Å². The maximum Gasteiger partial charge on any atom is 0.123 e. The van der Waals surface area contributed by atoms with Crippen molar-refractivity contribution in [3.8, 4) is 0 Å². The Hall–Kier alpha value is -1.32. The van der Waals surface area contributed by atoms with Gasteiger partial charge >= 0.3 is 0 Å². The topological polar surface area (TPSA) is 26.0 Å². The molecule has 0 aromatic heterocycles. The first-order valence-corrected chi connectivity index (χ1v) is 6.79. The van der Waals surface area contributed by atoms with Crippen LogP contribution in [0.1, 0.15) is 24.9 Å². The van der Waals surface area contributed by atoms with E-state index in [1.807, 2.05) is 0 Å². The van der Waals surface area contributed by atoms with Crippen molar-refractivity contribution in [1.29, 1.82) is 0 Å². The van der Waals surface area contributed by atoms with Gasteiger partial charge in [0.2, 0.25) is 0 Å². The van der Waals surface area contributed by atoms with E-state index in [9.17, 15) is 4.39 Å². The first-order chi connectivity index (χ1) is 8.69. The van der Waals surface area contributed by atoms with E-state index in [2.05, 4.69) is 31.2 Å². The molecule has 1 atom stereocenters. The molecule has 94 valence electrons. The summed E-state index contributed by atoms with van der Waals surface area (Å²) in [6.45, 7) is 2.08. The molecule has 0 heterocycles. The predicted octanol–water partition coefficient (Wildman–Crippen LogP) is 4.39. The maximum absolute atomic E-state index is 12.8. The van der Waals surface area contributed by atoms with E-state index in [1.54, 1.807) is 23.9 Å². The largest absolute Gasteiger partial charge is 0.324 e. The van der Waals surface area contributed by atoms with Gasteiger partial charge in [0.05, 0.1) is 0 Å². The van der Waals surface area contributed by atoms with Crippen molar-refractivity contribution in [2.75, 3.05) is 0 Å². The lowest BCUT2D eigenvalue weighted by molar-refractivity contribution is 0.626. The lowest BCUT2D eigenvalue weighted by Gasteiger charge is -2.09. The van der Waals surface area contributed by atoms with Gasteiger partial charge in [0.1, 0.15) is 5.82 Å². The Morgan fingerprint density at radius 1 is 1.00 bits per heavy atom. The molecule has 18 heavy (non-hydrogen) atoms. The summed E-state index contributed by atoms with van der Waals surface area (Å²) in [6.07, 6.45) is 0.935. The second kappa shape index (κ2) is 6.03. The minimum Gasteiger partial charge on any atom is -0.324 e. The Labute approximate surface area is 111 Å². The van der Waals surface area contributed by atoms with E-state index in [1.165, 1.54) is 12.1 Å². The molecule has 2 N–H and O–H groups in total. The van der Waals surface area contributed by atoms with Crippen LogP contribution in [0.25, 0.3) is 0 Å². The minimum atomic E-state index is -0.205. The highest BCUT2D eigenvalue weighted by Gasteiger charge is 2.03. The van der Waals surface area contributed by atoms with E-state index in [-0.39, 0.29) is 11.9 Å². The molecule has 2 aromatic rings. The average Bonchev–Trinajstić information content (AvgIpc) is 2.41. The molecule has 2 aromatic carbocycles. The fourth-order valence-electron chi connectivity index (χ4n) is 1.66. The van der Waals surface area contributed by atoms with Crippen LogP contribution in [0.2, 0.25) is 0 Å². The van der Waals surface area contributed by atoms with Gasteiger partial charge in [0.15, 0.2) is 0 Å². The molecule has 0 aliphatic carbocycles. The zero-order valence-corrected chi connectivity index (χ0v) is 11.1. The van der Waals surface area contributed by atoms with Crippen LogP contribution >= 0.6 is 11.8 Å². The Kier molecular flexibility index (Phi) is 4.39. The third-order valence-electron chi connectivity index (χ3n) is 2.80. The van der Waals surface area contributed by atoms with Gasteiger partial charge in [-0.2, -0.15) is 0 Å². The first kappa shape index (κ1) is 13.1. The van der Waals surface area contributed by atoms with Crippen LogP contribution in [0.5, 0.6) is 0 Å². The number of hydrogen-bond donors (Lipinski definition) is 1. The molecule has 0 bridgehead atoms. The Balaban J connectivity index is 2.08. The SMILES string of the molecule is CC[C@H](N)c1ccc(Sc2ccc(F)cc2)cc1. The quantitative estimate of drug-likeness (QED) is 0.883. The normalized spacial score (nSPS) is 12.4. The van der Waals surface area contributed by atoms with E-state index >= 15 is 0 Å².